The number of hydrogen-bond donors (Lipinski definition) is 1. The van der Waals surface area contributed by atoms with Gasteiger partial charge in [-0.15, -0.1) is 0 Å². The molecule has 0 unspecified atom stereocenters. The summed E-state index contributed by atoms with van der Waals surface area (Å²) in [4.78, 5) is 2.39. The lowest BCUT2D eigenvalue weighted by molar-refractivity contribution is 0.0782. The topological polar surface area (TPSA) is 60.9 Å². The quantitative estimate of drug-likeness (QED) is 0.877. The molecular weight excluding hydrogens is 324 g/mol. The molecule has 3 rings (SSSR count). The summed E-state index contributed by atoms with van der Waals surface area (Å²) in [6, 6.07) is 6.37. The summed E-state index contributed by atoms with van der Waals surface area (Å²) in [5, 5.41) is 10.4. The van der Waals surface area contributed by atoms with E-state index in [1.165, 1.54) is 10.4 Å². The Morgan fingerprint density at radius 3 is 2.50 bits per heavy atom. The molecule has 0 amide bonds. The van der Waals surface area contributed by atoms with Gasteiger partial charge in [-0.05, 0) is 37.0 Å². The minimum Gasteiger partial charge on any atom is -0.392 e. The molecule has 1 atom stereocenters. The number of benzene rings is 1. The molecule has 122 valence electrons. The van der Waals surface area contributed by atoms with Gasteiger partial charge in [0.1, 0.15) is 0 Å². The van der Waals surface area contributed by atoms with Crippen molar-refractivity contribution in [1.82, 2.24) is 9.21 Å². The smallest absolute Gasteiger partial charge is 0.243 e. The van der Waals surface area contributed by atoms with Crippen molar-refractivity contribution in [3.63, 3.8) is 0 Å². The zero-order valence-corrected chi connectivity index (χ0v) is 13.9. The van der Waals surface area contributed by atoms with Crippen LogP contribution in [0.4, 0.5) is 0 Å². The van der Waals surface area contributed by atoms with E-state index in [9.17, 15) is 13.5 Å². The van der Waals surface area contributed by atoms with E-state index in [2.05, 4.69) is 4.90 Å². The maximum absolute atomic E-state index is 12.6. The Bertz CT molecular complexity index is 625. The zero-order valence-electron chi connectivity index (χ0n) is 12.4. The minimum absolute atomic E-state index is 0.242. The van der Waals surface area contributed by atoms with E-state index in [-0.39, 0.29) is 11.0 Å². The number of piperazine rings is 1. The Balaban J connectivity index is 1.60. The number of aliphatic hydroxyl groups is 1. The third kappa shape index (κ3) is 3.63. The first-order valence-electron chi connectivity index (χ1n) is 7.63. The summed E-state index contributed by atoms with van der Waals surface area (Å²) < 4.78 is 26.7. The largest absolute Gasteiger partial charge is 0.392 e. The second-order valence-electron chi connectivity index (χ2n) is 6.07. The summed E-state index contributed by atoms with van der Waals surface area (Å²) in [7, 11) is -3.48. The zero-order chi connectivity index (χ0) is 15.7. The van der Waals surface area contributed by atoms with Gasteiger partial charge in [-0.3, -0.25) is 4.90 Å². The first kappa shape index (κ1) is 16.2. The fraction of sp³-hybridized carbons (Fsp3) is 0.600. The molecule has 1 N–H and O–H groups in total. The number of halogens is 1. The number of β-amino-alcohol motifs (C(OH)–C–C–N with tert-alkyl or cyclic N) is 1. The van der Waals surface area contributed by atoms with Crippen molar-refractivity contribution < 1.29 is 13.5 Å². The number of sulfonamides is 1. The van der Waals surface area contributed by atoms with Crippen molar-refractivity contribution in [3.8, 4) is 0 Å². The molecule has 5 nitrogen and oxygen atoms in total. The lowest BCUT2D eigenvalue weighted by Gasteiger charge is -2.35. The first-order chi connectivity index (χ1) is 10.5. The molecule has 2 fully saturated rings. The van der Waals surface area contributed by atoms with Crippen LogP contribution in [0, 0.1) is 5.92 Å². The molecule has 1 aliphatic heterocycles. The highest BCUT2D eigenvalue weighted by Crippen LogP contribution is 2.33. The van der Waals surface area contributed by atoms with E-state index in [4.69, 9.17) is 11.6 Å². The lowest BCUT2D eigenvalue weighted by atomic mass is 10.2. The van der Waals surface area contributed by atoms with Crippen molar-refractivity contribution in [2.45, 2.75) is 23.8 Å². The molecule has 1 aromatic carbocycles. The third-order valence-corrected chi connectivity index (χ3v) is 6.51. The summed E-state index contributed by atoms with van der Waals surface area (Å²) in [6.45, 7) is 2.86. The van der Waals surface area contributed by atoms with E-state index < -0.39 is 10.0 Å². The molecule has 0 radical (unpaired) electrons. The van der Waals surface area contributed by atoms with Gasteiger partial charge in [-0.25, -0.2) is 8.42 Å². The SMILES string of the molecule is O=S(=O)(c1cccc(Cl)c1)N1CCN(C[C@@H](O)C2CC2)CC1. The van der Waals surface area contributed by atoms with Crippen LogP contribution in [0.25, 0.3) is 0 Å². The summed E-state index contributed by atoms with van der Waals surface area (Å²) in [6.07, 6.45) is 1.96. The number of nitrogens with zero attached hydrogens (tertiary/aromatic N) is 2. The van der Waals surface area contributed by atoms with E-state index >= 15 is 0 Å². The van der Waals surface area contributed by atoms with Gasteiger partial charge in [0.2, 0.25) is 10.0 Å². The number of rotatable bonds is 5. The molecular formula is C15H21ClN2O3S. The van der Waals surface area contributed by atoms with Gasteiger partial charge >= 0.3 is 0 Å². The van der Waals surface area contributed by atoms with Gasteiger partial charge in [0, 0.05) is 37.7 Å². The predicted molar refractivity (Wildman–Crippen MR) is 85.4 cm³/mol. The molecule has 0 bridgehead atoms. The van der Waals surface area contributed by atoms with E-state index in [0.717, 1.165) is 12.8 Å². The Hall–Kier alpha value is -0.660. The highest BCUT2D eigenvalue weighted by molar-refractivity contribution is 7.89. The molecule has 2 aliphatic rings. The van der Waals surface area contributed by atoms with Gasteiger partial charge in [-0.2, -0.15) is 4.31 Å². The van der Waals surface area contributed by atoms with Crippen LogP contribution in [-0.2, 0) is 10.0 Å². The Morgan fingerprint density at radius 2 is 1.91 bits per heavy atom. The fourth-order valence-corrected chi connectivity index (χ4v) is 4.55. The number of aliphatic hydroxyl groups excluding tert-OH is 1. The van der Waals surface area contributed by atoms with Gasteiger partial charge in [0.05, 0.1) is 11.0 Å². The van der Waals surface area contributed by atoms with Crippen LogP contribution < -0.4 is 0 Å². The van der Waals surface area contributed by atoms with E-state index in [1.807, 2.05) is 0 Å². The van der Waals surface area contributed by atoms with Crippen molar-refractivity contribution >= 4 is 21.6 Å². The normalized spacial score (nSPS) is 22.6. The molecule has 1 saturated heterocycles. The first-order valence-corrected chi connectivity index (χ1v) is 9.45. The molecule has 0 spiro atoms. The molecule has 1 saturated carbocycles. The molecule has 1 aromatic rings. The van der Waals surface area contributed by atoms with Crippen molar-refractivity contribution in [1.29, 1.82) is 0 Å². The summed E-state index contributed by atoms with van der Waals surface area (Å²) in [5.74, 6) is 0.452. The van der Waals surface area contributed by atoms with Crippen molar-refractivity contribution in [2.75, 3.05) is 32.7 Å². The second kappa shape index (κ2) is 6.45. The second-order valence-corrected chi connectivity index (χ2v) is 8.44. The monoisotopic (exact) mass is 344 g/mol. The standard InChI is InChI=1S/C15H21ClN2O3S/c16-13-2-1-3-14(10-13)22(20,21)18-8-6-17(7-9-18)11-15(19)12-4-5-12/h1-3,10,12,15,19H,4-9,11H2/t15-/m1/s1. The van der Waals surface area contributed by atoms with Crippen molar-refractivity contribution in [2.24, 2.45) is 5.92 Å². The molecule has 1 heterocycles. The van der Waals surface area contributed by atoms with Crippen LogP contribution in [0.3, 0.4) is 0 Å². The minimum atomic E-state index is -3.48. The van der Waals surface area contributed by atoms with Crippen molar-refractivity contribution in [3.05, 3.63) is 29.3 Å². The van der Waals surface area contributed by atoms with Crippen LogP contribution in [0.2, 0.25) is 5.02 Å². The third-order valence-electron chi connectivity index (χ3n) is 4.38. The van der Waals surface area contributed by atoms with Gasteiger partial charge < -0.3 is 5.11 Å². The average molecular weight is 345 g/mol. The van der Waals surface area contributed by atoms with E-state index in [0.29, 0.717) is 43.7 Å². The maximum atomic E-state index is 12.6. The average Bonchev–Trinajstić information content (AvgIpc) is 3.32. The lowest BCUT2D eigenvalue weighted by Crippen LogP contribution is -2.50. The van der Waals surface area contributed by atoms with Gasteiger partial charge in [-0.1, -0.05) is 17.7 Å². The van der Waals surface area contributed by atoms with Gasteiger partial charge in [0.15, 0.2) is 0 Å². The molecule has 22 heavy (non-hydrogen) atoms. The van der Waals surface area contributed by atoms with Crippen LogP contribution in [0.15, 0.2) is 29.2 Å². The Labute approximate surface area is 136 Å². The van der Waals surface area contributed by atoms with Crippen LogP contribution in [0.5, 0.6) is 0 Å². The maximum Gasteiger partial charge on any atom is 0.243 e. The molecule has 0 aromatic heterocycles. The highest BCUT2D eigenvalue weighted by atomic mass is 35.5. The summed E-state index contributed by atoms with van der Waals surface area (Å²) in [5.41, 5.74) is 0. The van der Waals surface area contributed by atoms with Gasteiger partial charge in [0.25, 0.3) is 0 Å². The van der Waals surface area contributed by atoms with E-state index in [1.54, 1.807) is 18.2 Å². The fourth-order valence-electron chi connectivity index (χ4n) is 2.82. The predicted octanol–water partition coefficient (Wildman–Crippen LogP) is 1.42. The highest BCUT2D eigenvalue weighted by Gasteiger charge is 2.33. The molecule has 7 heteroatoms. The number of hydrogen-bond acceptors (Lipinski definition) is 4. The molecule has 1 aliphatic carbocycles. The van der Waals surface area contributed by atoms with Crippen LogP contribution >= 0.6 is 11.6 Å². The van der Waals surface area contributed by atoms with Crippen LogP contribution in [-0.4, -0.2) is 61.6 Å². The summed E-state index contributed by atoms with van der Waals surface area (Å²) >= 11 is 5.89. The Morgan fingerprint density at radius 1 is 1.23 bits per heavy atom. The Kier molecular flexibility index (Phi) is 4.75. The van der Waals surface area contributed by atoms with Crippen LogP contribution in [0.1, 0.15) is 12.8 Å².